The fourth-order valence-electron chi connectivity index (χ4n) is 0. The number of hydrogen-bond donors (Lipinski definition) is 1. The standard InChI is InChI=1S/H3N.2Na.2H2O/h1H3;;;2*1H2/q;2*+1;;. The van der Waals surface area contributed by atoms with Crippen molar-refractivity contribution in [2.75, 3.05) is 0 Å². The molecular weight excluding hydrogens is 92.0 g/mol. The Bertz CT molecular complexity index is 7.61. The third kappa shape index (κ3) is 25.0. The van der Waals surface area contributed by atoms with Gasteiger partial charge < -0.3 is 17.1 Å². The average molecular weight is 99.0 g/mol. The van der Waals surface area contributed by atoms with Gasteiger partial charge in [0, 0.05) is 0 Å². The van der Waals surface area contributed by atoms with Crippen LogP contribution in [-0.4, -0.2) is 11.0 Å². The zero-order valence-electron chi connectivity index (χ0n) is 3.71. The van der Waals surface area contributed by atoms with Crippen molar-refractivity contribution >= 4 is 0 Å². The molecule has 7 N–H and O–H groups in total. The minimum atomic E-state index is 0. The van der Waals surface area contributed by atoms with E-state index in [9.17, 15) is 0 Å². The molecule has 0 unspecified atom stereocenters. The Hall–Kier alpha value is 1.88. The van der Waals surface area contributed by atoms with Gasteiger partial charge in [-0.15, -0.1) is 0 Å². The molecule has 0 bridgehead atoms. The van der Waals surface area contributed by atoms with Crippen LogP contribution in [0, 0.1) is 0 Å². The van der Waals surface area contributed by atoms with Crippen molar-refractivity contribution in [3.05, 3.63) is 0 Å². The van der Waals surface area contributed by atoms with Crippen molar-refractivity contribution in [1.82, 2.24) is 6.15 Å². The molecule has 0 atom stereocenters. The molecule has 3 nitrogen and oxygen atoms in total. The van der Waals surface area contributed by atoms with Gasteiger partial charge in [0.2, 0.25) is 0 Å². The maximum absolute atomic E-state index is 0. The van der Waals surface area contributed by atoms with Gasteiger partial charge in [-0.05, 0) is 0 Å². The van der Waals surface area contributed by atoms with Crippen LogP contribution >= 0.6 is 0 Å². The Balaban J connectivity index is 0. The minimum Gasteiger partial charge on any atom is -0.412 e. The third-order valence-electron chi connectivity index (χ3n) is 0. The molecule has 0 aromatic heterocycles. The van der Waals surface area contributed by atoms with E-state index < -0.39 is 0 Å². The third-order valence-corrected chi connectivity index (χ3v) is 0. The van der Waals surface area contributed by atoms with Crippen LogP contribution in [-0.2, 0) is 0 Å². The summed E-state index contributed by atoms with van der Waals surface area (Å²) in [6, 6.07) is 0. The predicted octanol–water partition coefficient (Wildman–Crippen LogP) is -7.48. The summed E-state index contributed by atoms with van der Waals surface area (Å²) in [5.41, 5.74) is 0. The number of hydrogen-bond acceptors (Lipinski definition) is 1. The zero-order valence-corrected chi connectivity index (χ0v) is 7.71. The topological polar surface area (TPSA) is 98.0 Å². The Kier molecular flexibility index (Phi) is 533. The van der Waals surface area contributed by atoms with Crippen LogP contribution in [0.1, 0.15) is 0 Å². The largest absolute Gasteiger partial charge is 1.00 e. The van der Waals surface area contributed by atoms with Gasteiger partial charge in [0.1, 0.15) is 0 Å². The predicted molar refractivity (Wildman–Crippen MR) is 12.2 cm³/mol. The molecule has 0 radical (unpaired) electrons. The van der Waals surface area contributed by atoms with Crippen LogP contribution in [0.25, 0.3) is 0 Å². The maximum atomic E-state index is 0. The van der Waals surface area contributed by atoms with Gasteiger partial charge >= 0.3 is 59.1 Å². The maximum Gasteiger partial charge on any atom is 1.00 e. The molecule has 0 fully saturated rings. The second-order valence-electron chi connectivity index (χ2n) is 0. The van der Waals surface area contributed by atoms with E-state index in [0.29, 0.717) is 0 Å². The molecule has 0 aliphatic carbocycles. The molecule has 5 heteroatoms. The Labute approximate surface area is 75.3 Å². The molecule has 0 saturated carbocycles. The number of rotatable bonds is 0. The summed E-state index contributed by atoms with van der Waals surface area (Å²) in [5.74, 6) is 0. The molecule has 0 rings (SSSR count). The SMILES string of the molecule is N.O.O.[Na+].[Na+]. The Morgan fingerprint density at radius 3 is 0.600 bits per heavy atom. The van der Waals surface area contributed by atoms with E-state index >= 15 is 0 Å². The van der Waals surface area contributed by atoms with E-state index in [0.717, 1.165) is 0 Å². The van der Waals surface area contributed by atoms with Gasteiger partial charge in [0.25, 0.3) is 0 Å². The van der Waals surface area contributed by atoms with Crippen LogP contribution < -0.4 is 65.3 Å². The fourth-order valence-corrected chi connectivity index (χ4v) is 0. The van der Waals surface area contributed by atoms with Crippen LogP contribution in [0.2, 0.25) is 0 Å². The molecule has 0 saturated heterocycles. The van der Waals surface area contributed by atoms with Crippen molar-refractivity contribution in [3.8, 4) is 0 Å². The molecule has 0 spiro atoms. The Morgan fingerprint density at radius 1 is 0.600 bits per heavy atom. The van der Waals surface area contributed by atoms with Gasteiger partial charge in [-0.25, -0.2) is 0 Å². The van der Waals surface area contributed by atoms with Gasteiger partial charge in [0.05, 0.1) is 0 Å². The van der Waals surface area contributed by atoms with Gasteiger partial charge in [-0.2, -0.15) is 0 Å². The summed E-state index contributed by atoms with van der Waals surface area (Å²) < 4.78 is 0. The van der Waals surface area contributed by atoms with Gasteiger partial charge in [-0.1, -0.05) is 0 Å². The Morgan fingerprint density at radius 2 is 0.600 bits per heavy atom. The average Bonchev–Trinajstić information content (AvgIpc) is 0. The summed E-state index contributed by atoms with van der Waals surface area (Å²) >= 11 is 0. The van der Waals surface area contributed by atoms with Crippen molar-refractivity contribution in [2.45, 2.75) is 0 Å². The summed E-state index contributed by atoms with van der Waals surface area (Å²) in [6.07, 6.45) is 0. The van der Waals surface area contributed by atoms with E-state index in [4.69, 9.17) is 0 Å². The quantitative estimate of drug-likeness (QED) is 0.300. The van der Waals surface area contributed by atoms with E-state index in [1.807, 2.05) is 0 Å². The van der Waals surface area contributed by atoms with E-state index in [1.165, 1.54) is 0 Å². The molecular formula is H7NNa2O2+2. The second kappa shape index (κ2) is 39.6. The molecule has 0 aromatic carbocycles. The molecule has 0 aromatic rings. The first-order chi connectivity index (χ1) is 0. The molecule has 0 aliphatic heterocycles. The summed E-state index contributed by atoms with van der Waals surface area (Å²) in [7, 11) is 0. The normalized spacial score (nSPS) is 0. The first-order valence-corrected chi connectivity index (χ1v) is 0. The van der Waals surface area contributed by atoms with Crippen LogP contribution in [0.15, 0.2) is 0 Å². The van der Waals surface area contributed by atoms with Crippen molar-refractivity contribution in [2.24, 2.45) is 0 Å². The first-order valence-electron chi connectivity index (χ1n) is 0. The van der Waals surface area contributed by atoms with E-state index in [-0.39, 0.29) is 76.2 Å². The minimum absolute atomic E-state index is 0. The first kappa shape index (κ1) is 67.3. The van der Waals surface area contributed by atoms with E-state index in [2.05, 4.69) is 0 Å². The smallest absolute Gasteiger partial charge is 0.412 e. The summed E-state index contributed by atoms with van der Waals surface area (Å²) in [5, 5.41) is 0. The second-order valence-corrected chi connectivity index (χ2v) is 0. The molecule has 0 heterocycles. The van der Waals surface area contributed by atoms with Crippen LogP contribution in [0.3, 0.4) is 0 Å². The van der Waals surface area contributed by atoms with Crippen LogP contribution in [0.4, 0.5) is 0 Å². The molecule has 0 aliphatic rings. The van der Waals surface area contributed by atoms with E-state index in [1.54, 1.807) is 0 Å². The van der Waals surface area contributed by atoms with Gasteiger partial charge in [0.15, 0.2) is 0 Å². The summed E-state index contributed by atoms with van der Waals surface area (Å²) in [4.78, 5) is 0. The zero-order chi connectivity index (χ0) is 0. The molecule has 0 amide bonds. The fraction of sp³-hybridized carbons (Fsp3) is 0. The molecule has 5 heavy (non-hydrogen) atoms. The van der Waals surface area contributed by atoms with Crippen molar-refractivity contribution in [3.63, 3.8) is 0 Å². The monoisotopic (exact) mass is 99.0 g/mol. The molecule has 24 valence electrons. The summed E-state index contributed by atoms with van der Waals surface area (Å²) in [6.45, 7) is 0. The van der Waals surface area contributed by atoms with Crippen molar-refractivity contribution in [1.29, 1.82) is 0 Å². The van der Waals surface area contributed by atoms with Gasteiger partial charge in [-0.3, -0.25) is 0 Å². The van der Waals surface area contributed by atoms with Crippen LogP contribution in [0.5, 0.6) is 0 Å². The van der Waals surface area contributed by atoms with Crippen molar-refractivity contribution < 1.29 is 70.1 Å².